The molecule has 0 bridgehead atoms. The molecule has 1 aromatic heterocycles. The minimum absolute atomic E-state index is 0.243. The number of rotatable bonds is 5. The van der Waals surface area contributed by atoms with Crippen molar-refractivity contribution in [2.45, 2.75) is 13.0 Å². The molecule has 7 nitrogen and oxygen atoms in total. The molecule has 0 N–H and O–H groups in total. The van der Waals surface area contributed by atoms with Crippen LogP contribution in [0.5, 0.6) is 11.5 Å². The Hall–Kier alpha value is -3.17. The molecule has 0 spiro atoms. The first kappa shape index (κ1) is 23.0. The summed E-state index contributed by atoms with van der Waals surface area (Å²) in [6, 6.07) is 12.4. The topological polar surface area (TPSA) is 79.1 Å². The second-order valence-electron chi connectivity index (χ2n) is 7.22. The van der Waals surface area contributed by atoms with E-state index in [2.05, 4.69) is 20.9 Å². The van der Waals surface area contributed by atoms with Gasteiger partial charge in [-0.2, -0.15) is 0 Å². The van der Waals surface area contributed by atoms with Crippen LogP contribution in [0.15, 0.2) is 68.0 Å². The van der Waals surface area contributed by atoms with Crippen LogP contribution in [-0.4, -0.2) is 31.9 Å². The van der Waals surface area contributed by atoms with Gasteiger partial charge in [-0.05, 0) is 52.2 Å². The van der Waals surface area contributed by atoms with Gasteiger partial charge >= 0.3 is 5.97 Å². The summed E-state index contributed by atoms with van der Waals surface area (Å²) in [7, 11) is 4.44. The van der Waals surface area contributed by atoms with E-state index in [1.54, 1.807) is 37.9 Å². The van der Waals surface area contributed by atoms with Crippen LogP contribution < -0.4 is 24.4 Å². The lowest BCUT2D eigenvalue weighted by atomic mass is 9.96. The molecule has 0 saturated heterocycles. The van der Waals surface area contributed by atoms with Crippen LogP contribution in [0.2, 0.25) is 0 Å². The van der Waals surface area contributed by atoms with Crippen LogP contribution in [0.3, 0.4) is 0 Å². The van der Waals surface area contributed by atoms with Gasteiger partial charge in [-0.15, -0.1) is 0 Å². The average molecular weight is 529 g/mol. The van der Waals surface area contributed by atoms with Gasteiger partial charge in [0.1, 0.15) is 0 Å². The van der Waals surface area contributed by atoms with Gasteiger partial charge in [-0.1, -0.05) is 41.7 Å². The van der Waals surface area contributed by atoms with E-state index in [9.17, 15) is 9.59 Å². The Bertz CT molecular complexity index is 1440. The molecule has 0 unspecified atom stereocenters. The minimum atomic E-state index is -0.630. The summed E-state index contributed by atoms with van der Waals surface area (Å²) in [5.74, 6) is 0.596. The normalized spacial score (nSPS) is 15.7. The Morgan fingerprint density at radius 1 is 1.15 bits per heavy atom. The van der Waals surface area contributed by atoms with Gasteiger partial charge in [0, 0.05) is 0 Å². The summed E-state index contributed by atoms with van der Waals surface area (Å²) in [6.07, 6.45) is 1.77. The van der Waals surface area contributed by atoms with E-state index in [0.717, 1.165) is 11.1 Å². The van der Waals surface area contributed by atoms with Crippen LogP contribution in [0.1, 0.15) is 24.1 Å². The molecule has 0 aliphatic carbocycles. The van der Waals surface area contributed by atoms with Gasteiger partial charge in [0.25, 0.3) is 5.56 Å². The van der Waals surface area contributed by atoms with E-state index in [-0.39, 0.29) is 5.56 Å². The standard InChI is InChI=1S/C24H21BrN2O5S/c1-13-19(23(29)32-4)20(15-8-6-5-7-9-15)27-22(28)18(33-24(27)26-13)12-14-10-16(25)21(31-3)17(11-14)30-2/h5-12,20H,1-4H3/b18-12-/t20-/m1/s1. The molecule has 1 aliphatic rings. The number of aromatic nitrogens is 1. The summed E-state index contributed by atoms with van der Waals surface area (Å²) >= 11 is 4.75. The number of fused-ring (bicyclic) bond motifs is 1. The lowest BCUT2D eigenvalue weighted by molar-refractivity contribution is -0.136. The fourth-order valence-electron chi connectivity index (χ4n) is 3.82. The Morgan fingerprint density at radius 2 is 1.88 bits per heavy atom. The van der Waals surface area contributed by atoms with Gasteiger partial charge in [0.15, 0.2) is 16.3 Å². The number of allylic oxidation sites excluding steroid dienone is 1. The van der Waals surface area contributed by atoms with E-state index in [1.165, 1.54) is 18.4 Å². The van der Waals surface area contributed by atoms with E-state index < -0.39 is 12.0 Å². The van der Waals surface area contributed by atoms with E-state index in [4.69, 9.17) is 14.2 Å². The van der Waals surface area contributed by atoms with E-state index in [0.29, 0.717) is 36.6 Å². The number of thiazole rings is 1. The third-order valence-electron chi connectivity index (χ3n) is 5.30. The first-order valence-electron chi connectivity index (χ1n) is 9.97. The zero-order valence-corrected chi connectivity index (χ0v) is 20.8. The zero-order chi connectivity index (χ0) is 23.7. The highest BCUT2D eigenvalue weighted by atomic mass is 79.9. The van der Waals surface area contributed by atoms with Crippen molar-refractivity contribution in [3.8, 4) is 11.5 Å². The first-order chi connectivity index (χ1) is 15.9. The van der Waals surface area contributed by atoms with Crippen LogP contribution in [0.4, 0.5) is 0 Å². The molecule has 2 aromatic carbocycles. The first-order valence-corrected chi connectivity index (χ1v) is 11.6. The maximum Gasteiger partial charge on any atom is 0.338 e. The fraction of sp³-hybridized carbons (Fsp3) is 0.208. The fourth-order valence-corrected chi connectivity index (χ4v) is 5.48. The monoisotopic (exact) mass is 528 g/mol. The van der Waals surface area contributed by atoms with Crippen molar-refractivity contribution in [2.75, 3.05) is 21.3 Å². The molecule has 0 amide bonds. The molecule has 3 aromatic rings. The number of ether oxygens (including phenoxy) is 3. The van der Waals surface area contributed by atoms with Crippen molar-refractivity contribution in [1.82, 2.24) is 4.57 Å². The molecule has 0 saturated carbocycles. The van der Waals surface area contributed by atoms with Crippen molar-refractivity contribution in [3.63, 3.8) is 0 Å². The summed E-state index contributed by atoms with van der Waals surface area (Å²) in [5.41, 5.74) is 2.18. The highest BCUT2D eigenvalue weighted by Crippen LogP contribution is 2.36. The summed E-state index contributed by atoms with van der Waals surface area (Å²) in [4.78, 5) is 31.3. The number of nitrogens with zero attached hydrogens (tertiary/aromatic N) is 2. The Labute approximate surface area is 202 Å². The largest absolute Gasteiger partial charge is 0.493 e. The Kier molecular flexibility index (Phi) is 6.53. The third-order valence-corrected chi connectivity index (χ3v) is 6.87. The van der Waals surface area contributed by atoms with Crippen molar-refractivity contribution >= 4 is 39.3 Å². The van der Waals surface area contributed by atoms with Crippen LogP contribution >= 0.6 is 27.3 Å². The minimum Gasteiger partial charge on any atom is -0.493 e. The van der Waals surface area contributed by atoms with Crippen LogP contribution in [0, 0.1) is 0 Å². The zero-order valence-electron chi connectivity index (χ0n) is 18.4. The van der Waals surface area contributed by atoms with Crippen molar-refractivity contribution in [2.24, 2.45) is 4.99 Å². The number of carbonyl (C=O) groups is 1. The summed E-state index contributed by atoms with van der Waals surface area (Å²) in [5, 5.41) is 0. The highest BCUT2D eigenvalue weighted by Gasteiger charge is 2.32. The lowest BCUT2D eigenvalue weighted by Gasteiger charge is -2.24. The maximum absolute atomic E-state index is 13.6. The van der Waals surface area contributed by atoms with E-state index >= 15 is 0 Å². The van der Waals surface area contributed by atoms with Gasteiger partial charge in [0.2, 0.25) is 0 Å². The Balaban J connectivity index is 1.95. The summed E-state index contributed by atoms with van der Waals surface area (Å²) < 4.78 is 18.5. The molecule has 0 radical (unpaired) electrons. The van der Waals surface area contributed by atoms with Gasteiger partial charge < -0.3 is 14.2 Å². The number of carbonyl (C=O) groups excluding carboxylic acids is 1. The quantitative estimate of drug-likeness (QED) is 0.475. The number of benzene rings is 2. The molecular formula is C24H21BrN2O5S. The number of methoxy groups -OCH3 is 3. The van der Waals surface area contributed by atoms with Crippen molar-refractivity contribution < 1.29 is 19.0 Å². The number of halogens is 1. The molecule has 1 atom stereocenters. The van der Waals surface area contributed by atoms with Gasteiger partial charge in [0.05, 0.1) is 47.6 Å². The second-order valence-corrected chi connectivity index (χ2v) is 9.09. The molecule has 33 heavy (non-hydrogen) atoms. The predicted octanol–water partition coefficient (Wildman–Crippen LogP) is 3.19. The molecule has 0 fully saturated rings. The summed E-state index contributed by atoms with van der Waals surface area (Å²) in [6.45, 7) is 1.75. The molecular weight excluding hydrogens is 508 g/mol. The molecule has 2 heterocycles. The molecule has 4 rings (SSSR count). The van der Waals surface area contributed by atoms with Gasteiger partial charge in [-0.25, -0.2) is 9.79 Å². The van der Waals surface area contributed by atoms with Crippen molar-refractivity contribution in [3.05, 3.63) is 89.0 Å². The Morgan fingerprint density at radius 3 is 2.52 bits per heavy atom. The number of esters is 1. The second kappa shape index (κ2) is 9.36. The van der Waals surface area contributed by atoms with E-state index in [1.807, 2.05) is 36.4 Å². The predicted molar refractivity (Wildman–Crippen MR) is 129 cm³/mol. The highest BCUT2D eigenvalue weighted by molar-refractivity contribution is 9.10. The maximum atomic E-state index is 13.6. The van der Waals surface area contributed by atoms with Crippen LogP contribution in [0.25, 0.3) is 6.08 Å². The lowest BCUT2D eigenvalue weighted by Crippen LogP contribution is -2.39. The third kappa shape index (κ3) is 4.14. The average Bonchev–Trinajstić information content (AvgIpc) is 3.12. The smallest absolute Gasteiger partial charge is 0.338 e. The number of hydrogen-bond acceptors (Lipinski definition) is 7. The SMILES string of the molecule is COC(=O)C1=C(C)N=c2s/c(=C\c3cc(Br)c(OC)c(OC)c3)c(=O)n2[C@@H]1c1ccccc1. The number of hydrogen-bond donors (Lipinski definition) is 0. The molecule has 170 valence electrons. The van der Waals surface area contributed by atoms with Crippen LogP contribution in [-0.2, 0) is 9.53 Å². The molecule has 1 aliphatic heterocycles. The van der Waals surface area contributed by atoms with Crippen molar-refractivity contribution in [1.29, 1.82) is 0 Å². The molecule has 9 heteroatoms. The van der Waals surface area contributed by atoms with Gasteiger partial charge in [-0.3, -0.25) is 9.36 Å².